The third kappa shape index (κ3) is 3.72. The molecule has 3 heterocycles. The Kier molecular flexibility index (Phi) is 5.07. The third-order valence-corrected chi connectivity index (χ3v) is 3.96. The molecule has 128 valence electrons. The zero-order chi connectivity index (χ0) is 16.9. The lowest BCUT2D eigenvalue weighted by Gasteiger charge is -2.22. The van der Waals surface area contributed by atoms with Crippen molar-refractivity contribution in [3.63, 3.8) is 0 Å². The second-order valence-electron chi connectivity index (χ2n) is 5.78. The minimum Gasteiger partial charge on any atom is -0.396 e. The van der Waals surface area contributed by atoms with E-state index in [0.29, 0.717) is 32.1 Å². The summed E-state index contributed by atoms with van der Waals surface area (Å²) in [7, 11) is 1.78. The molecule has 2 aromatic rings. The largest absolute Gasteiger partial charge is 0.396 e. The van der Waals surface area contributed by atoms with E-state index in [-0.39, 0.29) is 18.6 Å². The number of hydrogen-bond donors (Lipinski definition) is 2. The molecule has 0 saturated carbocycles. The molecule has 2 aromatic heterocycles. The van der Waals surface area contributed by atoms with Crippen molar-refractivity contribution in [1.29, 1.82) is 0 Å². The number of nitrogens with one attached hydrogen (secondary N) is 1. The maximum atomic E-state index is 12.5. The van der Waals surface area contributed by atoms with Gasteiger partial charge in [-0.1, -0.05) is 0 Å². The Labute approximate surface area is 140 Å². The highest BCUT2D eigenvalue weighted by Gasteiger charge is 2.23. The first-order chi connectivity index (χ1) is 11.7. The number of hydrogen-bond acceptors (Lipinski definition) is 5. The smallest absolute Gasteiger partial charge is 0.323 e. The summed E-state index contributed by atoms with van der Waals surface area (Å²) in [6.07, 6.45) is 3.43. The van der Waals surface area contributed by atoms with Gasteiger partial charge in [-0.25, -0.2) is 4.79 Å². The number of carbonyl (C=O) groups is 1. The Bertz CT molecular complexity index is 688. The Hall–Kier alpha value is -2.45. The van der Waals surface area contributed by atoms with Crippen LogP contribution < -0.4 is 5.32 Å². The molecule has 0 bridgehead atoms. The molecule has 24 heavy (non-hydrogen) atoms. The van der Waals surface area contributed by atoms with Crippen LogP contribution in [0, 0.1) is 5.92 Å². The number of rotatable bonds is 3. The number of carbonyl (C=O) groups excluding carboxylic acids is 1. The van der Waals surface area contributed by atoms with E-state index >= 15 is 0 Å². The molecule has 0 aliphatic carbocycles. The maximum absolute atomic E-state index is 12.5. The maximum Gasteiger partial charge on any atom is 0.323 e. The van der Waals surface area contributed by atoms with Gasteiger partial charge >= 0.3 is 6.03 Å². The standard InChI is InChI=1S/C16H21N5O3/c1-20-15(7-14(19-20)13-3-2-4-17-8-13)18-16(23)21-5-6-24-11-12(9-21)10-22/h2-4,7-8,12,22H,5-6,9-11H2,1H3,(H,18,23). The van der Waals surface area contributed by atoms with Crippen LogP contribution in [0.5, 0.6) is 0 Å². The fourth-order valence-corrected chi connectivity index (χ4v) is 2.60. The van der Waals surface area contributed by atoms with E-state index in [2.05, 4.69) is 15.4 Å². The van der Waals surface area contributed by atoms with Crippen LogP contribution in [0.1, 0.15) is 0 Å². The normalized spacial score (nSPS) is 18.2. The first-order valence-electron chi connectivity index (χ1n) is 7.86. The summed E-state index contributed by atoms with van der Waals surface area (Å²) in [4.78, 5) is 18.2. The molecule has 3 rings (SSSR count). The van der Waals surface area contributed by atoms with Crippen LogP contribution in [0.2, 0.25) is 0 Å². The van der Waals surface area contributed by atoms with Crippen molar-refractivity contribution in [2.45, 2.75) is 0 Å². The molecule has 8 nitrogen and oxygen atoms in total. The summed E-state index contributed by atoms with van der Waals surface area (Å²) >= 11 is 0. The van der Waals surface area contributed by atoms with Gasteiger partial charge in [-0.15, -0.1) is 0 Å². The molecule has 0 spiro atoms. The predicted molar refractivity (Wildman–Crippen MR) is 88.4 cm³/mol. The molecule has 0 aromatic carbocycles. The van der Waals surface area contributed by atoms with Crippen molar-refractivity contribution >= 4 is 11.8 Å². The first kappa shape index (κ1) is 16.4. The number of anilines is 1. The number of aromatic nitrogens is 3. The molecule has 2 N–H and O–H groups in total. The number of pyridine rings is 1. The number of ether oxygens (including phenoxy) is 1. The van der Waals surface area contributed by atoms with Gasteiger partial charge in [-0.2, -0.15) is 5.10 Å². The molecule has 1 aliphatic rings. The molecule has 1 atom stereocenters. The minimum absolute atomic E-state index is 0.000641. The number of urea groups is 1. The van der Waals surface area contributed by atoms with Gasteiger partial charge < -0.3 is 14.7 Å². The van der Waals surface area contributed by atoms with Crippen LogP contribution in [-0.2, 0) is 11.8 Å². The predicted octanol–water partition coefficient (Wildman–Crippen LogP) is 0.955. The summed E-state index contributed by atoms with van der Waals surface area (Å²) in [6.45, 7) is 1.90. The Morgan fingerprint density at radius 2 is 2.42 bits per heavy atom. The van der Waals surface area contributed by atoms with Crippen LogP contribution in [0.25, 0.3) is 11.3 Å². The highest BCUT2D eigenvalue weighted by Crippen LogP contribution is 2.20. The number of nitrogens with zero attached hydrogens (tertiary/aromatic N) is 4. The van der Waals surface area contributed by atoms with Gasteiger partial charge in [-0.05, 0) is 12.1 Å². The van der Waals surface area contributed by atoms with E-state index in [4.69, 9.17) is 4.74 Å². The average molecular weight is 331 g/mol. The molecule has 8 heteroatoms. The monoisotopic (exact) mass is 331 g/mol. The Morgan fingerprint density at radius 1 is 1.54 bits per heavy atom. The van der Waals surface area contributed by atoms with E-state index in [1.54, 1.807) is 29.0 Å². The number of aliphatic hydroxyl groups is 1. The second kappa shape index (κ2) is 7.41. The summed E-state index contributed by atoms with van der Waals surface area (Å²) in [5.74, 6) is 0.542. The lowest BCUT2D eigenvalue weighted by Crippen LogP contribution is -2.39. The van der Waals surface area contributed by atoms with Crippen molar-refractivity contribution in [2.24, 2.45) is 13.0 Å². The molecule has 0 radical (unpaired) electrons. The molecule has 2 amide bonds. The van der Waals surface area contributed by atoms with Crippen molar-refractivity contribution in [2.75, 3.05) is 38.2 Å². The molecule has 1 unspecified atom stereocenters. The Balaban J connectivity index is 1.71. The second-order valence-corrected chi connectivity index (χ2v) is 5.78. The van der Waals surface area contributed by atoms with Gasteiger partial charge in [0.25, 0.3) is 0 Å². The van der Waals surface area contributed by atoms with Crippen molar-refractivity contribution in [1.82, 2.24) is 19.7 Å². The molecule has 1 aliphatic heterocycles. The minimum atomic E-state index is -0.223. The number of amides is 2. The molecule has 1 fully saturated rings. The van der Waals surface area contributed by atoms with Crippen molar-refractivity contribution < 1.29 is 14.6 Å². The SMILES string of the molecule is Cn1nc(-c2cccnc2)cc1NC(=O)N1CCOCC(CO)C1. The highest BCUT2D eigenvalue weighted by atomic mass is 16.5. The number of aryl methyl sites for hydroxylation is 1. The summed E-state index contributed by atoms with van der Waals surface area (Å²) < 4.78 is 7.03. The third-order valence-electron chi connectivity index (χ3n) is 3.96. The summed E-state index contributed by atoms with van der Waals surface area (Å²) in [6, 6.07) is 5.35. The molecular weight excluding hydrogens is 310 g/mol. The van der Waals surface area contributed by atoms with Crippen LogP contribution in [0.15, 0.2) is 30.6 Å². The van der Waals surface area contributed by atoms with Crippen molar-refractivity contribution in [3.8, 4) is 11.3 Å². The van der Waals surface area contributed by atoms with Gasteiger partial charge in [-0.3, -0.25) is 15.0 Å². The molecular formula is C16H21N5O3. The Morgan fingerprint density at radius 3 is 3.17 bits per heavy atom. The van der Waals surface area contributed by atoms with E-state index < -0.39 is 0 Å². The van der Waals surface area contributed by atoms with E-state index in [0.717, 1.165) is 11.3 Å². The quantitative estimate of drug-likeness (QED) is 0.874. The highest BCUT2D eigenvalue weighted by molar-refractivity contribution is 5.89. The van der Waals surface area contributed by atoms with Crippen LogP contribution >= 0.6 is 0 Å². The summed E-state index contributed by atoms with van der Waals surface area (Å²) in [5.41, 5.74) is 1.63. The van der Waals surface area contributed by atoms with Gasteiger partial charge in [0.15, 0.2) is 0 Å². The lowest BCUT2D eigenvalue weighted by atomic mass is 10.2. The zero-order valence-electron chi connectivity index (χ0n) is 13.6. The average Bonchev–Trinajstić information content (AvgIpc) is 2.83. The van der Waals surface area contributed by atoms with Gasteiger partial charge in [0.05, 0.1) is 18.9 Å². The van der Waals surface area contributed by atoms with Gasteiger partial charge in [0.1, 0.15) is 5.82 Å². The van der Waals surface area contributed by atoms with E-state index in [1.807, 2.05) is 18.2 Å². The number of aliphatic hydroxyl groups excluding tert-OH is 1. The summed E-state index contributed by atoms with van der Waals surface area (Å²) in [5, 5.41) is 16.6. The van der Waals surface area contributed by atoms with Gasteiger partial charge in [0.2, 0.25) is 0 Å². The topological polar surface area (TPSA) is 92.5 Å². The fourth-order valence-electron chi connectivity index (χ4n) is 2.60. The van der Waals surface area contributed by atoms with E-state index in [1.165, 1.54) is 0 Å². The lowest BCUT2D eigenvalue weighted by molar-refractivity contribution is 0.0958. The molecule has 1 saturated heterocycles. The van der Waals surface area contributed by atoms with E-state index in [9.17, 15) is 9.90 Å². The fraction of sp³-hybridized carbons (Fsp3) is 0.438. The van der Waals surface area contributed by atoms with Crippen LogP contribution in [0.4, 0.5) is 10.6 Å². The van der Waals surface area contributed by atoms with Crippen LogP contribution in [-0.4, -0.2) is 63.7 Å². The first-order valence-corrected chi connectivity index (χ1v) is 7.86. The van der Waals surface area contributed by atoms with Crippen LogP contribution in [0.3, 0.4) is 0 Å². The van der Waals surface area contributed by atoms with Gasteiger partial charge in [0, 0.05) is 56.7 Å². The zero-order valence-corrected chi connectivity index (χ0v) is 13.6. The van der Waals surface area contributed by atoms with Crippen molar-refractivity contribution in [3.05, 3.63) is 30.6 Å².